The third-order valence-electron chi connectivity index (χ3n) is 2.79. The average molecular weight is 250 g/mol. The highest BCUT2D eigenvalue weighted by molar-refractivity contribution is 5.59. The lowest BCUT2D eigenvalue weighted by molar-refractivity contribution is 0.158. The summed E-state index contributed by atoms with van der Waals surface area (Å²) in [6, 6.07) is 4.43. The zero-order valence-corrected chi connectivity index (χ0v) is 10.4. The molecule has 0 aliphatic heterocycles. The minimum atomic E-state index is -0.494. The predicted octanol–water partition coefficient (Wildman–Crippen LogP) is 2.50. The van der Waals surface area contributed by atoms with Crippen LogP contribution >= 0.6 is 0 Å². The van der Waals surface area contributed by atoms with E-state index in [-0.39, 0.29) is 5.82 Å². The van der Waals surface area contributed by atoms with Gasteiger partial charge in [0.25, 0.3) is 0 Å². The normalized spacial score (nSPS) is 12.7. The fourth-order valence-corrected chi connectivity index (χ4v) is 1.63. The molecule has 2 rings (SSSR count). The molecule has 1 atom stereocenters. The van der Waals surface area contributed by atoms with E-state index in [4.69, 9.17) is 4.52 Å². The first-order valence-electron chi connectivity index (χ1n) is 5.87. The standard InChI is InChI=1S/C13H15FN2O2/c1-3-10(17)7-12-15-13(16-18-12)11-6-9(14)5-4-8(11)2/h4-6,10,17H,3,7H2,1-2H3. The number of benzene rings is 1. The van der Waals surface area contributed by atoms with Gasteiger partial charge in [-0.25, -0.2) is 4.39 Å². The molecule has 1 N–H and O–H groups in total. The molecule has 0 spiro atoms. The summed E-state index contributed by atoms with van der Waals surface area (Å²) >= 11 is 0. The third kappa shape index (κ3) is 2.73. The molecule has 0 fully saturated rings. The van der Waals surface area contributed by atoms with Gasteiger partial charge in [-0.15, -0.1) is 0 Å². The van der Waals surface area contributed by atoms with Crippen molar-refractivity contribution >= 4 is 0 Å². The van der Waals surface area contributed by atoms with E-state index >= 15 is 0 Å². The van der Waals surface area contributed by atoms with Gasteiger partial charge < -0.3 is 9.63 Å². The SMILES string of the molecule is CCC(O)Cc1nc(-c2cc(F)ccc2C)no1. The first-order valence-corrected chi connectivity index (χ1v) is 5.87. The molecule has 96 valence electrons. The molecule has 0 aliphatic carbocycles. The Morgan fingerprint density at radius 2 is 2.22 bits per heavy atom. The summed E-state index contributed by atoms with van der Waals surface area (Å²) in [6.07, 6.45) is 0.445. The summed E-state index contributed by atoms with van der Waals surface area (Å²) < 4.78 is 18.2. The van der Waals surface area contributed by atoms with Crippen molar-refractivity contribution in [1.82, 2.24) is 10.1 Å². The largest absolute Gasteiger partial charge is 0.393 e. The van der Waals surface area contributed by atoms with E-state index in [1.807, 2.05) is 13.8 Å². The number of nitrogens with zero attached hydrogens (tertiary/aromatic N) is 2. The van der Waals surface area contributed by atoms with Gasteiger partial charge in [-0.1, -0.05) is 18.1 Å². The minimum Gasteiger partial charge on any atom is -0.393 e. The summed E-state index contributed by atoms with van der Waals surface area (Å²) in [5, 5.41) is 13.3. The predicted molar refractivity (Wildman–Crippen MR) is 64.4 cm³/mol. The summed E-state index contributed by atoms with van der Waals surface area (Å²) in [6.45, 7) is 3.73. The summed E-state index contributed by atoms with van der Waals surface area (Å²) in [5.41, 5.74) is 1.48. The maximum atomic E-state index is 13.2. The third-order valence-corrected chi connectivity index (χ3v) is 2.79. The van der Waals surface area contributed by atoms with E-state index in [0.717, 1.165) is 5.56 Å². The van der Waals surface area contributed by atoms with Gasteiger partial charge >= 0.3 is 0 Å². The fraction of sp³-hybridized carbons (Fsp3) is 0.385. The van der Waals surface area contributed by atoms with Crippen LogP contribution in [0, 0.1) is 12.7 Å². The molecule has 4 nitrogen and oxygen atoms in total. The molecule has 1 aromatic heterocycles. The number of hydrogen-bond acceptors (Lipinski definition) is 4. The zero-order valence-electron chi connectivity index (χ0n) is 10.4. The van der Waals surface area contributed by atoms with Crippen molar-refractivity contribution in [1.29, 1.82) is 0 Å². The van der Waals surface area contributed by atoms with E-state index in [2.05, 4.69) is 10.1 Å². The summed E-state index contributed by atoms with van der Waals surface area (Å²) in [5.74, 6) is 0.379. The molecule has 1 heterocycles. The second-order valence-corrected chi connectivity index (χ2v) is 4.24. The van der Waals surface area contributed by atoms with Crippen molar-refractivity contribution in [3.8, 4) is 11.4 Å². The molecule has 0 saturated carbocycles. The number of aromatic nitrogens is 2. The Morgan fingerprint density at radius 1 is 1.44 bits per heavy atom. The first-order chi connectivity index (χ1) is 8.60. The molecular formula is C13H15FN2O2. The Hall–Kier alpha value is -1.75. The smallest absolute Gasteiger partial charge is 0.229 e. The quantitative estimate of drug-likeness (QED) is 0.905. The van der Waals surface area contributed by atoms with Crippen molar-refractivity contribution in [3.05, 3.63) is 35.5 Å². The van der Waals surface area contributed by atoms with Crippen LogP contribution in [-0.4, -0.2) is 21.4 Å². The Balaban J connectivity index is 2.26. The van der Waals surface area contributed by atoms with Crippen LogP contribution in [-0.2, 0) is 6.42 Å². The van der Waals surface area contributed by atoms with Crippen LogP contribution in [0.1, 0.15) is 24.8 Å². The van der Waals surface area contributed by atoms with Crippen LogP contribution in [0.25, 0.3) is 11.4 Å². The minimum absolute atomic E-state index is 0.317. The molecule has 0 saturated heterocycles. The molecule has 0 amide bonds. The number of aryl methyl sites for hydroxylation is 1. The van der Waals surface area contributed by atoms with Gasteiger partial charge in [0.1, 0.15) is 5.82 Å². The topological polar surface area (TPSA) is 59.2 Å². The molecule has 2 aromatic rings. The van der Waals surface area contributed by atoms with E-state index in [1.54, 1.807) is 6.07 Å². The second-order valence-electron chi connectivity index (χ2n) is 4.24. The monoisotopic (exact) mass is 250 g/mol. The average Bonchev–Trinajstić information content (AvgIpc) is 2.80. The van der Waals surface area contributed by atoms with Crippen LogP contribution in [0.15, 0.2) is 22.7 Å². The molecule has 1 aromatic carbocycles. The summed E-state index contributed by atoms with van der Waals surface area (Å²) in [4.78, 5) is 4.17. The highest BCUT2D eigenvalue weighted by atomic mass is 19.1. The van der Waals surface area contributed by atoms with Crippen LogP contribution in [0.5, 0.6) is 0 Å². The van der Waals surface area contributed by atoms with E-state index in [1.165, 1.54) is 12.1 Å². The number of aliphatic hydroxyl groups excluding tert-OH is 1. The zero-order chi connectivity index (χ0) is 13.1. The first kappa shape index (κ1) is 12.7. The van der Waals surface area contributed by atoms with Gasteiger partial charge in [0, 0.05) is 5.56 Å². The van der Waals surface area contributed by atoms with Crippen molar-refractivity contribution < 1.29 is 14.0 Å². The van der Waals surface area contributed by atoms with Crippen LogP contribution in [0.3, 0.4) is 0 Å². The van der Waals surface area contributed by atoms with E-state index in [0.29, 0.717) is 30.1 Å². The highest BCUT2D eigenvalue weighted by Crippen LogP contribution is 2.21. The number of hydrogen-bond donors (Lipinski definition) is 1. The Kier molecular flexibility index (Phi) is 3.72. The lowest BCUT2D eigenvalue weighted by Gasteiger charge is -2.01. The molecule has 5 heteroatoms. The van der Waals surface area contributed by atoms with Gasteiger partial charge in [0.05, 0.1) is 12.5 Å². The molecular weight excluding hydrogens is 235 g/mol. The molecule has 0 bridgehead atoms. The Labute approximate surface area is 104 Å². The van der Waals surface area contributed by atoms with Crippen LogP contribution in [0.4, 0.5) is 4.39 Å². The van der Waals surface area contributed by atoms with Crippen LogP contribution in [0.2, 0.25) is 0 Å². The van der Waals surface area contributed by atoms with Gasteiger partial charge in [-0.05, 0) is 31.0 Å². The van der Waals surface area contributed by atoms with E-state index in [9.17, 15) is 9.50 Å². The maximum absolute atomic E-state index is 13.2. The van der Waals surface area contributed by atoms with Gasteiger partial charge in [-0.3, -0.25) is 0 Å². The molecule has 0 radical (unpaired) electrons. The Morgan fingerprint density at radius 3 is 2.94 bits per heavy atom. The lowest BCUT2D eigenvalue weighted by atomic mass is 10.1. The molecule has 1 unspecified atom stereocenters. The summed E-state index contributed by atoms with van der Waals surface area (Å²) in [7, 11) is 0. The van der Waals surface area contributed by atoms with Gasteiger partial charge in [0.2, 0.25) is 11.7 Å². The van der Waals surface area contributed by atoms with Crippen molar-refractivity contribution in [2.24, 2.45) is 0 Å². The molecule has 18 heavy (non-hydrogen) atoms. The maximum Gasteiger partial charge on any atom is 0.229 e. The second kappa shape index (κ2) is 5.27. The van der Waals surface area contributed by atoms with Crippen molar-refractivity contribution in [2.45, 2.75) is 32.8 Å². The van der Waals surface area contributed by atoms with Crippen LogP contribution < -0.4 is 0 Å². The van der Waals surface area contributed by atoms with E-state index < -0.39 is 6.10 Å². The number of rotatable bonds is 4. The number of halogens is 1. The van der Waals surface area contributed by atoms with Gasteiger partial charge in [0.15, 0.2) is 0 Å². The van der Waals surface area contributed by atoms with Gasteiger partial charge in [-0.2, -0.15) is 4.98 Å². The Bertz CT molecular complexity index is 540. The van der Waals surface area contributed by atoms with Crippen molar-refractivity contribution in [2.75, 3.05) is 0 Å². The lowest BCUT2D eigenvalue weighted by Crippen LogP contribution is -2.08. The fourth-order valence-electron chi connectivity index (χ4n) is 1.63. The number of aliphatic hydroxyl groups is 1. The van der Waals surface area contributed by atoms with Crippen molar-refractivity contribution in [3.63, 3.8) is 0 Å². The molecule has 0 aliphatic rings. The highest BCUT2D eigenvalue weighted by Gasteiger charge is 2.14.